The van der Waals surface area contributed by atoms with E-state index in [0.717, 1.165) is 25.7 Å². The normalized spacial score (nSPS) is 21.1. The lowest BCUT2D eigenvalue weighted by atomic mass is 10.1. The molecule has 0 aromatic heterocycles. The summed E-state index contributed by atoms with van der Waals surface area (Å²) in [6.07, 6.45) is 16.5. The van der Waals surface area contributed by atoms with Crippen LogP contribution in [0.25, 0.3) is 0 Å². The van der Waals surface area contributed by atoms with Crippen molar-refractivity contribution in [2.24, 2.45) is 0 Å². The van der Waals surface area contributed by atoms with Gasteiger partial charge in [-0.15, -0.1) is 0 Å². The summed E-state index contributed by atoms with van der Waals surface area (Å²) in [6, 6.07) is 0. The SMILES string of the molecule is CCCCCCCC/C=C\CCCCCCCC(=O)OCCOCCOCCOCCO[C@@H]1OC[C@@H](O)[C@H](O)[C@H]1O. The molecule has 0 aliphatic carbocycles. The molecule has 0 bridgehead atoms. The molecule has 1 fully saturated rings. The van der Waals surface area contributed by atoms with Crippen LogP contribution in [0.5, 0.6) is 0 Å². The Hall–Kier alpha value is -1.11. The van der Waals surface area contributed by atoms with Crippen LogP contribution in [-0.4, -0.2) is 105 Å². The molecule has 1 saturated heterocycles. The lowest BCUT2D eigenvalue weighted by molar-refractivity contribution is -0.271. The average molecular weight is 591 g/mol. The van der Waals surface area contributed by atoms with Crippen LogP contribution in [0.3, 0.4) is 0 Å². The number of hydrogen-bond donors (Lipinski definition) is 3. The third-order valence-corrected chi connectivity index (χ3v) is 6.84. The van der Waals surface area contributed by atoms with Crippen molar-refractivity contribution in [1.29, 1.82) is 0 Å². The van der Waals surface area contributed by atoms with Crippen LogP contribution in [-0.2, 0) is 33.2 Å². The minimum atomic E-state index is -1.30. The third-order valence-electron chi connectivity index (χ3n) is 6.84. The summed E-state index contributed by atoms with van der Waals surface area (Å²) < 4.78 is 31.8. The Kier molecular flexibility index (Phi) is 25.6. The Morgan fingerprint density at radius 3 is 1.80 bits per heavy atom. The van der Waals surface area contributed by atoms with Crippen LogP contribution >= 0.6 is 0 Å². The number of aliphatic hydroxyl groups excluding tert-OH is 3. The smallest absolute Gasteiger partial charge is 0.305 e. The van der Waals surface area contributed by atoms with Gasteiger partial charge < -0.3 is 43.7 Å². The van der Waals surface area contributed by atoms with Gasteiger partial charge in [-0.2, -0.15) is 0 Å². The first kappa shape index (κ1) is 37.9. The van der Waals surface area contributed by atoms with E-state index in [2.05, 4.69) is 19.1 Å². The van der Waals surface area contributed by atoms with Crippen molar-refractivity contribution in [3.63, 3.8) is 0 Å². The van der Waals surface area contributed by atoms with Gasteiger partial charge in [-0.05, 0) is 32.1 Å². The summed E-state index contributed by atoms with van der Waals surface area (Å²) in [7, 11) is 0. The molecule has 1 heterocycles. The van der Waals surface area contributed by atoms with Crippen LogP contribution < -0.4 is 0 Å². The first-order valence-electron chi connectivity index (χ1n) is 15.9. The largest absolute Gasteiger partial charge is 0.463 e. The molecule has 4 atom stereocenters. The van der Waals surface area contributed by atoms with E-state index in [1.807, 2.05) is 0 Å². The summed E-state index contributed by atoms with van der Waals surface area (Å²) in [5.41, 5.74) is 0. The average Bonchev–Trinajstić information content (AvgIpc) is 2.97. The lowest BCUT2D eigenvalue weighted by Crippen LogP contribution is -2.53. The van der Waals surface area contributed by atoms with Crippen molar-refractivity contribution >= 4 is 5.97 Å². The molecule has 10 nitrogen and oxygen atoms in total. The van der Waals surface area contributed by atoms with Gasteiger partial charge in [-0.25, -0.2) is 0 Å². The second kappa shape index (κ2) is 27.7. The number of carbonyl (C=O) groups is 1. The van der Waals surface area contributed by atoms with Gasteiger partial charge in [0.2, 0.25) is 0 Å². The number of unbranched alkanes of at least 4 members (excludes halogenated alkanes) is 11. The van der Waals surface area contributed by atoms with Gasteiger partial charge in [0, 0.05) is 6.42 Å². The van der Waals surface area contributed by atoms with E-state index in [-0.39, 0.29) is 32.4 Å². The van der Waals surface area contributed by atoms with Crippen molar-refractivity contribution in [3.05, 3.63) is 12.2 Å². The highest BCUT2D eigenvalue weighted by Gasteiger charge is 2.38. The van der Waals surface area contributed by atoms with Gasteiger partial charge >= 0.3 is 5.97 Å². The molecule has 10 heteroatoms. The minimum absolute atomic E-state index is 0.0971. The Bertz CT molecular complexity index is 618. The second-order valence-electron chi connectivity index (χ2n) is 10.5. The summed E-state index contributed by atoms with van der Waals surface area (Å²) in [5, 5.41) is 28.8. The molecule has 0 aromatic carbocycles. The van der Waals surface area contributed by atoms with E-state index in [4.69, 9.17) is 28.4 Å². The van der Waals surface area contributed by atoms with E-state index in [1.165, 1.54) is 57.8 Å². The van der Waals surface area contributed by atoms with Gasteiger partial charge in [0.05, 0.1) is 52.9 Å². The van der Waals surface area contributed by atoms with Crippen molar-refractivity contribution in [2.75, 3.05) is 59.5 Å². The zero-order valence-corrected chi connectivity index (χ0v) is 25.4. The molecular formula is C31H58O10. The molecule has 41 heavy (non-hydrogen) atoms. The van der Waals surface area contributed by atoms with E-state index < -0.39 is 24.6 Å². The van der Waals surface area contributed by atoms with Crippen LogP contribution in [0.1, 0.15) is 96.8 Å². The molecule has 3 N–H and O–H groups in total. The predicted octanol–water partition coefficient (Wildman–Crippen LogP) is 4.07. The van der Waals surface area contributed by atoms with Gasteiger partial charge in [0.1, 0.15) is 24.9 Å². The van der Waals surface area contributed by atoms with E-state index in [1.54, 1.807) is 0 Å². The molecule has 0 amide bonds. The van der Waals surface area contributed by atoms with Gasteiger partial charge in [0.25, 0.3) is 0 Å². The van der Waals surface area contributed by atoms with Crippen molar-refractivity contribution in [2.45, 2.75) is 121 Å². The van der Waals surface area contributed by atoms with Crippen molar-refractivity contribution < 1.29 is 48.5 Å². The number of carbonyl (C=O) groups excluding carboxylic acids is 1. The molecule has 0 saturated carbocycles. The monoisotopic (exact) mass is 590 g/mol. The maximum Gasteiger partial charge on any atom is 0.305 e. The Morgan fingerprint density at radius 2 is 1.20 bits per heavy atom. The molecule has 0 aromatic rings. The predicted molar refractivity (Wildman–Crippen MR) is 157 cm³/mol. The molecule has 1 rings (SSSR count). The van der Waals surface area contributed by atoms with Gasteiger partial charge in [-0.1, -0.05) is 70.4 Å². The van der Waals surface area contributed by atoms with E-state index in [0.29, 0.717) is 39.5 Å². The lowest BCUT2D eigenvalue weighted by Gasteiger charge is -2.34. The maximum absolute atomic E-state index is 11.8. The molecule has 0 radical (unpaired) electrons. The highest BCUT2D eigenvalue weighted by atomic mass is 16.7. The molecule has 1 aliphatic heterocycles. The fourth-order valence-corrected chi connectivity index (χ4v) is 4.32. The Morgan fingerprint density at radius 1 is 0.683 bits per heavy atom. The summed E-state index contributed by atoms with van der Waals surface area (Å²) >= 11 is 0. The standard InChI is InChI=1S/C31H58O10/c1-2-3-4-5-6-7-8-9-10-11-12-13-14-15-16-17-28(33)39-24-22-37-20-18-36-19-21-38-23-25-40-31-30(35)29(34)27(32)26-41-31/h9-10,27,29-32,34-35H,2-8,11-26H2,1H3/b10-9-/t27-,29+,30-,31-/m1/s1. The molecule has 1 aliphatic rings. The fraction of sp³-hybridized carbons (Fsp3) is 0.903. The van der Waals surface area contributed by atoms with Crippen LogP contribution in [0.4, 0.5) is 0 Å². The first-order chi connectivity index (χ1) is 20.1. The Balaban J connectivity index is 1.75. The van der Waals surface area contributed by atoms with Crippen molar-refractivity contribution in [1.82, 2.24) is 0 Å². The molecule has 242 valence electrons. The van der Waals surface area contributed by atoms with Crippen LogP contribution in [0.15, 0.2) is 12.2 Å². The second-order valence-corrected chi connectivity index (χ2v) is 10.5. The summed E-state index contributed by atoms with van der Waals surface area (Å²) in [4.78, 5) is 11.8. The van der Waals surface area contributed by atoms with Gasteiger partial charge in [0.15, 0.2) is 6.29 Å². The number of hydrogen-bond acceptors (Lipinski definition) is 10. The highest BCUT2D eigenvalue weighted by Crippen LogP contribution is 2.16. The summed E-state index contributed by atoms with van der Waals surface area (Å²) in [5.74, 6) is -0.165. The number of aliphatic hydroxyl groups is 3. The zero-order chi connectivity index (χ0) is 29.8. The van der Waals surface area contributed by atoms with Crippen molar-refractivity contribution in [3.8, 4) is 0 Å². The topological polar surface area (TPSA) is 133 Å². The quantitative estimate of drug-likeness (QED) is 0.0696. The molecule has 0 spiro atoms. The molecular weight excluding hydrogens is 532 g/mol. The fourth-order valence-electron chi connectivity index (χ4n) is 4.32. The third kappa shape index (κ3) is 22.1. The highest BCUT2D eigenvalue weighted by molar-refractivity contribution is 5.69. The van der Waals surface area contributed by atoms with Gasteiger partial charge in [-0.3, -0.25) is 4.79 Å². The number of rotatable bonds is 28. The van der Waals surface area contributed by atoms with E-state index in [9.17, 15) is 20.1 Å². The number of allylic oxidation sites excluding steroid dienone is 2. The zero-order valence-electron chi connectivity index (χ0n) is 25.4. The molecule has 0 unspecified atom stereocenters. The maximum atomic E-state index is 11.8. The Labute approximate surface area is 247 Å². The van der Waals surface area contributed by atoms with Crippen LogP contribution in [0.2, 0.25) is 0 Å². The number of ether oxygens (including phenoxy) is 6. The minimum Gasteiger partial charge on any atom is -0.463 e. The first-order valence-corrected chi connectivity index (χ1v) is 15.9. The summed E-state index contributed by atoms with van der Waals surface area (Å²) in [6.45, 7) is 4.76. The number of esters is 1. The van der Waals surface area contributed by atoms with Crippen LogP contribution in [0, 0.1) is 0 Å². The van der Waals surface area contributed by atoms with E-state index >= 15 is 0 Å².